The van der Waals surface area contributed by atoms with E-state index in [4.69, 9.17) is 10.2 Å². The fraction of sp³-hybridized carbons (Fsp3) is 0.320. The minimum Gasteiger partial charge on any atom is -0.348 e. The molecule has 3 aromatic rings. The van der Waals surface area contributed by atoms with Crippen LogP contribution >= 0.6 is 11.3 Å². The molecule has 0 saturated heterocycles. The monoisotopic (exact) mass is 445 g/mol. The van der Waals surface area contributed by atoms with Gasteiger partial charge in [0, 0.05) is 34.6 Å². The van der Waals surface area contributed by atoms with Crippen LogP contribution in [0.25, 0.3) is 11.3 Å². The SMILES string of the molecule is CC(C)(C)n1ccc(C(=O)NCC(Nc2nc(-c3cccc(C#N)c3)cs2)=C2CCC2)c1. The number of amides is 1. The number of benzene rings is 1. The van der Waals surface area contributed by atoms with Crippen LogP contribution < -0.4 is 10.6 Å². The zero-order chi connectivity index (χ0) is 22.7. The highest BCUT2D eigenvalue weighted by Gasteiger charge is 2.19. The maximum absolute atomic E-state index is 12.7. The van der Waals surface area contributed by atoms with Crippen molar-refractivity contribution in [2.75, 3.05) is 11.9 Å². The Bertz CT molecular complexity index is 1200. The number of carbonyl (C=O) groups is 1. The van der Waals surface area contributed by atoms with Crippen LogP contribution in [0.4, 0.5) is 5.13 Å². The standard InChI is InChI=1S/C25H27N5OS/c1-25(2,3)30-11-10-20(15-30)23(31)27-14-21(18-7-5-8-18)28-24-29-22(16-32-24)19-9-4-6-17(12-19)13-26/h4,6,9-12,15-16H,5,7-8,14H2,1-3H3,(H,27,31)(H,28,29). The van der Waals surface area contributed by atoms with Gasteiger partial charge < -0.3 is 15.2 Å². The van der Waals surface area contributed by atoms with E-state index >= 15 is 0 Å². The first-order valence-corrected chi connectivity index (χ1v) is 11.6. The van der Waals surface area contributed by atoms with E-state index < -0.39 is 0 Å². The summed E-state index contributed by atoms with van der Waals surface area (Å²) < 4.78 is 2.05. The van der Waals surface area contributed by atoms with Crippen LogP contribution in [-0.4, -0.2) is 22.0 Å². The van der Waals surface area contributed by atoms with E-state index in [2.05, 4.69) is 37.5 Å². The van der Waals surface area contributed by atoms with E-state index in [1.165, 1.54) is 23.3 Å². The molecule has 1 fully saturated rings. The molecule has 1 saturated carbocycles. The third-order valence-electron chi connectivity index (χ3n) is 5.59. The highest BCUT2D eigenvalue weighted by molar-refractivity contribution is 7.14. The molecule has 1 aliphatic carbocycles. The summed E-state index contributed by atoms with van der Waals surface area (Å²) in [6, 6.07) is 11.5. The van der Waals surface area contributed by atoms with Crippen molar-refractivity contribution in [3.8, 4) is 17.3 Å². The third kappa shape index (κ3) is 4.92. The molecule has 7 heteroatoms. The van der Waals surface area contributed by atoms with Crippen LogP contribution in [0, 0.1) is 11.3 Å². The lowest BCUT2D eigenvalue weighted by atomic mass is 9.90. The average Bonchev–Trinajstić information content (AvgIpc) is 3.40. The summed E-state index contributed by atoms with van der Waals surface area (Å²) in [4.78, 5) is 17.4. The van der Waals surface area contributed by atoms with Gasteiger partial charge in [-0.2, -0.15) is 5.26 Å². The van der Waals surface area contributed by atoms with Crippen LogP contribution in [0.15, 0.2) is 59.4 Å². The first-order chi connectivity index (χ1) is 15.3. The number of nitriles is 1. The van der Waals surface area contributed by atoms with Gasteiger partial charge in [0.15, 0.2) is 5.13 Å². The normalized spacial score (nSPS) is 13.2. The molecule has 1 aromatic carbocycles. The highest BCUT2D eigenvalue weighted by Crippen LogP contribution is 2.31. The number of rotatable bonds is 6. The second-order valence-corrected chi connectivity index (χ2v) is 9.81. The van der Waals surface area contributed by atoms with Gasteiger partial charge in [-0.3, -0.25) is 4.79 Å². The number of nitrogens with one attached hydrogen (secondary N) is 2. The molecule has 0 aliphatic heterocycles. The van der Waals surface area contributed by atoms with Gasteiger partial charge in [-0.15, -0.1) is 11.3 Å². The van der Waals surface area contributed by atoms with Crippen molar-refractivity contribution in [2.45, 2.75) is 45.6 Å². The molecule has 1 amide bonds. The maximum Gasteiger partial charge on any atom is 0.253 e. The molecule has 2 N–H and O–H groups in total. The lowest BCUT2D eigenvalue weighted by Crippen LogP contribution is -2.29. The number of hydrogen-bond acceptors (Lipinski definition) is 5. The second-order valence-electron chi connectivity index (χ2n) is 8.95. The van der Waals surface area contributed by atoms with Gasteiger partial charge in [0.2, 0.25) is 0 Å². The van der Waals surface area contributed by atoms with Crippen LogP contribution in [0.5, 0.6) is 0 Å². The Morgan fingerprint density at radius 1 is 1.28 bits per heavy atom. The van der Waals surface area contributed by atoms with Crippen molar-refractivity contribution in [1.29, 1.82) is 5.26 Å². The summed E-state index contributed by atoms with van der Waals surface area (Å²) in [6.07, 6.45) is 7.09. The summed E-state index contributed by atoms with van der Waals surface area (Å²) in [5, 5.41) is 18.4. The number of carbonyl (C=O) groups excluding carboxylic acids is 1. The highest BCUT2D eigenvalue weighted by atomic mass is 32.1. The van der Waals surface area contributed by atoms with Crippen molar-refractivity contribution in [2.24, 2.45) is 0 Å². The predicted octanol–water partition coefficient (Wildman–Crippen LogP) is 5.52. The van der Waals surface area contributed by atoms with Crippen molar-refractivity contribution in [3.05, 3.63) is 70.5 Å². The Morgan fingerprint density at radius 2 is 2.09 bits per heavy atom. The molecule has 0 unspecified atom stereocenters. The molecular formula is C25H27N5OS. The van der Waals surface area contributed by atoms with Gasteiger partial charge in [-0.1, -0.05) is 12.1 Å². The van der Waals surface area contributed by atoms with Crippen LogP contribution in [-0.2, 0) is 5.54 Å². The summed E-state index contributed by atoms with van der Waals surface area (Å²) in [6.45, 7) is 6.76. The van der Waals surface area contributed by atoms with Crippen LogP contribution in [0.2, 0.25) is 0 Å². The quantitative estimate of drug-likeness (QED) is 0.523. The largest absolute Gasteiger partial charge is 0.348 e. The molecule has 32 heavy (non-hydrogen) atoms. The molecule has 164 valence electrons. The van der Waals surface area contributed by atoms with E-state index in [1.807, 2.05) is 46.6 Å². The predicted molar refractivity (Wildman–Crippen MR) is 129 cm³/mol. The van der Waals surface area contributed by atoms with Crippen molar-refractivity contribution in [3.63, 3.8) is 0 Å². The molecular weight excluding hydrogens is 418 g/mol. The topological polar surface area (TPSA) is 82.7 Å². The Balaban J connectivity index is 1.44. The van der Waals surface area contributed by atoms with E-state index in [-0.39, 0.29) is 11.4 Å². The number of anilines is 1. The zero-order valence-electron chi connectivity index (χ0n) is 18.6. The molecule has 1 aliphatic rings. The van der Waals surface area contributed by atoms with Gasteiger partial charge >= 0.3 is 0 Å². The second kappa shape index (κ2) is 9.01. The number of allylic oxidation sites excluding steroid dienone is 1. The lowest BCUT2D eigenvalue weighted by molar-refractivity contribution is 0.0957. The van der Waals surface area contributed by atoms with Gasteiger partial charge in [0.05, 0.1) is 29.4 Å². The molecule has 2 aromatic heterocycles. The number of hydrogen-bond donors (Lipinski definition) is 2. The smallest absolute Gasteiger partial charge is 0.253 e. The van der Waals surface area contributed by atoms with Gasteiger partial charge in [0.1, 0.15) is 0 Å². The zero-order valence-corrected chi connectivity index (χ0v) is 19.4. The molecule has 6 nitrogen and oxygen atoms in total. The minimum atomic E-state index is -0.0830. The molecule has 4 rings (SSSR count). The van der Waals surface area contributed by atoms with Crippen molar-refractivity contribution in [1.82, 2.24) is 14.9 Å². The molecule has 2 heterocycles. The van der Waals surface area contributed by atoms with E-state index in [0.29, 0.717) is 17.7 Å². The van der Waals surface area contributed by atoms with Crippen LogP contribution in [0.3, 0.4) is 0 Å². The molecule has 0 atom stereocenters. The Morgan fingerprint density at radius 3 is 2.75 bits per heavy atom. The first-order valence-electron chi connectivity index (χ1n) is 10.7. The summed E-state index contributed by atoms with van der Waals surface area (Å²) >= 11 is 1.52. The summed E-state index contributed by atoms with van der Waals surface area (Å²) in [5.41, 5.74) is 5.32. The van der Waals surface area contributed by atoms with E-state index in [1.54, 1.807) is 6.07 Å². The third-order valence-corrected chi connectivity index (χ3v) is 6.35. The average molecular weight is 446 g/mol. The Labute approximate surface area is 192 Å². The first kappa shape index (κ1) is 21.8. The lowest BCUT2D eigenvalue weighted by Gasteiger charge is -2.23. The van der Waals surface area contributed by atoms with Crippen molar-refractivity contribution < 1.29 is 4.79 Å². The molecule has 0 radical (unpaired) electrons. The van der Waals surface area contributed by atoms with E-state index in [9.17, 15) is 4.79 Å². The fourth-order valence-electron chi connectivity index (χ4n) is 3.47. The Kier molecular flexibility index (Phi) is 6.15. The Hall–Kier alpha value is -3.37. The van der Waals surface area contributed by atoms with Gasteiger partial charge in [-0.25, -0.2) is 4.98 Å². The van der Waals surface area contributed by atoms with Crippen LogP contribution in [0.1, 0.15) is 56.0 Å². The number of thiazole rings is 1. The molecule has 0 spiro atoms. The number of aromatic nitrogens is 2. The summed E-state index contributed by atoms with van der Waals surface area (Å²) in [7, 11) is 0. The number of nitrogens with zero attached hydrogens (tertiary/aromatic N) is 3. The van der Waals surface area contributed by atoms with Gasteiger partial charge in [0.25, 0.3) is 5.91 Å². The van der Waals surface area contributed by atoms with Gasteiger partial charge in [-0.05, 0) is 63.8 Å². The molecule has 0 bridgehead atoms. The minimum absolute atomic E-state index is 0.0611. The fourth-order valence-corrected chi connectivity index (χ4v) is 4.22. The van der Waals surface area contributed by atoms with Crippen molar-refractivity contribution >= 4 is 22.4 Å². The summed E-state index contributed by atoms with van der Waals surface area (Å²) in [5.74, 6) is -0.0830. The maximum atomic E-state index is 12.7. The van der Waals surface area contributed by atoms with E-state index in [0.717, 1.165) is 34.9 Å².